The van der Waals surface area contributed by atoms with Crippen LogP contribution in [0.3, 0.4) is 0 Å². The zero-order valence-electron chi connectivity index (χ0n) is 16.1. The predicted octanol–water partition coefficient (Wildman–Crippen LogP) is 4.37. The van der Waals surface area contributed by atoms with Crippen molar-refractivity contribution in [1.82, 2.24) is 4.90 Å². The van der Waals surface area contributed by atoms with E-state index in [4.69, 9.17) is 11.6 Å². The third kappa shape index (κ3) is 5.04. The topological polar surface area (TPSA) is 108 Å². The number of benzene rings is 2. The second-order valence-corrected chi connectivity index (χ2v) is 7.61. The van der Waals surface area contributed by atoms with Crippen molar-refractivity contribution in [2.45, 2.75) is 12.3 Å². The van der Waals surface area contributed by atoms with E-state index in [1.54, 1.807) is 12.3 Å². The number of aliphatic hydroxyl groups is 1. The first-order valence-electron chi connectivity index (χ1n) is 8.51. The number of aromatic hydroxyl groups is 1. The van der Waals surface area contributed by atoms with Crippen molar-refractivity contribution in [2.75, 3.05) is 13.3 Å². The number of carbonyl (C=O) groups is 1. The number of hydrogen-bond acceptors (Lipinski definition) is 6. The lowest BCUT2D eigenvalue weighted by molar-refractivity contribution is -0.126. The van der Waals surface area contributed by atoms with Crippen molar-refractivity contribution in [3.05, 3.63) is 69.0 Å². The van der Waals surface area contributed by atoms with Crippen molar-refractivity contribution < 1.29 is 19.4 Å². The summed E-state index contributed by atoms with van der Waals surface area (Å²) in [6.07, 6.45) is 1.79. The van der Waals surface area contributed by atoms with E-state index in [1.807, 2.05) is 6.07 Å². The van der Waals surface area contributed by atoms with Gasteiger partial charge in [0.1, 0.15) is 29.5 Å². The predicted molar refractivity (Wildman–Crippen MR) is 113 cm³/mol. The second-order valence-electron chi connectivity index (χ2n) is 6.31. The van der Waals surface area contributed by atoms with E-state index in [1.165, 1.54) is 49.1 Å². The number of thioether (sulfide) groups is 1. The number of aliphatic hydroxyl groups excluding tert-OH is 1. The molecular formula is C21H17ClFN3O3S. The molecule has 2 aromatic rings. The van der Waals surface area contributed by atoms with E-state index < -0.39 is 23.1 Å². The van der Waals surface area contributed by atoms with Gasteiger partial charge in [0.05, 0.1) is 5.56 Å². The maximum Gasteiger partial charge on any atom is 0.268 e. The highest BCUT2D eigenvalue weighted by atomic mass is 35.5. The van der Waals surface area contributed by atoms with E-state index in [-0.39, 0.29) is 29.0 Å². The van der Waals surface area contributed by atoms with Gasteiger partial charge in [0, 0.05) is 41.1 Å². The molecule has 0 aromatic heterocycles. The van der Waals surface area contributed by atoms with Gasteiger partial charge in [0.2, 0.25) is 0 Å². The third-order valence-corrected chi connectivity index (χ3v) is 5.04. The summed E-state index contributed by atoms with van der Waals surface area (Å²) in [5.41, 5.74) is -0.108. The van der Waals surface area contributed by atoms with Gasteiger partial charge in [-0.3, -0.25) is 4.79 Å². The third-order valence-electron chi connectivity index (χ3n) is 4.21. The first kappa shape index (κ1) is 23.1. The van der Waals surface area contributed by atoms with Gasteiger partial charge in [-0.25, -0.2) is 4.39 Å². The number of phenols is 1. The molecule has 6 nitrogen and oxygen atoms in total. The molecule has 0 bridgehead atoms. The molecule has 0 atom stereocenters. The molecule has 1 amide bonds. The van der Waals surface area contributed by atoms with Crippen LogP contribution in [0.4, 0.5) is 4.39 Å². The Labute approximate surface area is 182 Å². The minimum Gasteiger partial charge on any atom is -0.506 e. The lowest BCUT2D eigenvalue weighted by Gasteiger charge is -2.18. The maximum atomic E-state index is 14.0. The molecule has 2 N–H and O–H groups in total. The number of phenolic OH excluding ortho intramolecular Hbond substituents is 1. The standard InChI is InChI=1S/C21H17ClFN3O3S/c1-26(10-14-7-16(22)3-4-18(14)23)21(29)17(9-25)20(28)12-5-13(8-24)19(27)15(6-12)11-30-2/h3-7,27-28H,10-11H2,1-2H3/b20-17-. The first-order chi connectivity index (χ1) is 14.2. The number of nitrogens with zero attached hydrogens (tertiary/aromatic N) is 3. The summed E-state index contributed by atoms with van der Waals surface area (Å²) in [5, 5.41) is 39.7. The Kier molecular flexibility index (Phi) is 7.71. The Morgan fingerprint density at radius 2 is 1.97 bits per heavy atom. The number of halogens is 2. The molecule has 0 unspecified atom stereocenters. The van der Waals surface area contributed by atoms with Crippen LogP contribution in [0, 0.1) is 28.5 Å². The molecule has 9 heteroatoms. The van der Waals surface area contributed by atoms with Gasteiger partial charge in [-0.15, -0.1) is 0 Å². The molecular weight excluding hydrogens is 429 g/mol. The minimum atomic E-state index is -0.840. The van der Waals surface area contributed by atoms with E-state index in [2.05, 4.69) is 0 Å². The Balaban J connectivity index is 2.45. The molecule has 2 rings (SSSR count). The highest BCUT2D eigenvalue weighted by Gasteiger charge is 2.23. The minimum absolute atomic E-state index is 0.0423. The molecule has 30 heavy (non-hydrogen) atoms. The molecule has 0 saturated carbocycles. The molecule has 0 fully saturated rings. The Morgan fingerprint density at radius 1 is 1.27 bits per heavy atom. The molecule has 2 aromatic carbocycles. The summed E-state index contributed by atoms with van der Waals surface area (Å²) in [5.74, 6) is -1.91. The normalized spacial score (nSPS) is 11.3. The van der Waals surface area contributed by atoms with Crippen LogP contribution in [0.25, 0.3) is 5.76 Å². The Hall–Kier alpha value is -3.20. The summed E-state index contributed by atoms with van der Waals surface area (Å²) in [7, 11) is 1.35. The summed E-state index contributed by atoms with van der Waals surface area (Å²) in [6, 6.07) is 9.98. The van der Waals surface area contributed by atoms with Gasteiger partial charge in [-0.05, 0) is 36.6 Å². The monoisotopic (exact) mass is 445 g/mol. The highest BCUT2D eigenvalue weighted by molar-refractivity contribution is 7.97. The van der Waals surface area contributed by atoms with Crippen LogP contribution in [0.1, 0.15) is 22.3 Å². The van der Waals surface area contributed by atoms with Crippen molar-refractivity contribution in [3.63, 3.8) is 0 Å². The molecule has 0 radical (unpaired) electrons. The first-order valence-corrected chi connectivity index (χ1v) is 10.3. The largest absolute Gasteiger partial charge is 0.506 e. The number of rotatable bonds is 6. The van der Waals surface area contributed by atoms with Crippen LogP contribution in [-0.2, 0) is 17.1 Å². The number of likely N-dealkylation sites (N-methyl/N-ethyl adjacent to an activating group) is 1. The lowest BCUT2D eigenvalue weighted by Crippen LogP contribution is -2.28. The van der Waals surface area contributed by atoms with E-state index >= 15 is 0 Å². The molecule has 0 spiro atoms. The van der Waals surface area contributed by atoms with Crippen molar-refractivity contribution in [2.24, 2.45) is 0 Å². The lowest BCUT2D eigenvalue weighted by atomic mass is 10.0. The number of amides is 1. The number of carbonyl (C=O) groups excluding carboxylic acids is 1. The molecule has 0 saturated heterocycles. The molecule has 154 valence electrons. The molecule has 0 heterocycles. The van der Waals surface area contributed by atoms with Crippen LogP contribution in [0.2, 0.25) is 5.02 Å². The van der Waals surface area contributed by atoms with Crippen LogP contribution in [0.15, 0.2) is 35.9 Å². The average molecular weight is 446 g/mol. The van der Waals surface area contributed by atoms with E-state index in [0.717, 1.165) is 4.90 Å². The summed E-state index contributed by atoms with van der Waals surface area (Å²) < 4.78 is 14.0. The van der Waals surface area contributed by atoms with Gasteiger partial charge < -0.3 is 15.1 Å². The van der Waals surface area contributed by atoms with E-state index in [9.17, 15) is 29.9 Å². The Bertz CT molecular complexity index is 1110. The van der Waals surface area contributed by atoms with Gasteiger partial charge in [-0.2, -0.15) is 22.3 Å². The molecule has 0 aliphatic heterocycles. The van der Waals surface area contributed by atoms with Crippen LogP contribution >= 0.6 is 23.4 Å². The quantitative estimate of drug-likeness (QED) is 0.388. The fraction of sp³-hybridized carbons (Fsp3) is 0.190. The molecule has 0 aliphatic rings. The SMILES string of the molecule is CSCc1cc(/C(O)=C(\C#N)C(=O)N(C)Cc2cc(Cl)ccc2F)cc(C#N)c1O. The number of nitriles is 2. The van der Waals surface area contributed by atoms with Crippen LogP contribution < -0.4 is 0 Å². The van der Waals surface area contributed by atoms with Gasteiger partial charge in [0.25, 0.3) is 5.91 Å². The maximum absolute atomic E-state index is 14.0. The van der Waals surface area contributed by atoms with Gasteiger partial charge >= 0.3 is 0 Å². The fourth-order valence-electron chi connectivity index (χ4n) is 2.71. The van der Waals surface area contributed by atoms with Crippen LogP contribution in [-0.4, -0.2) is 34.3 Å². The van der Waals surface area contributed by atoms with Crippen molar-refractivity contribution in [3.8, 4) is 17.9 Å². The van der Waals surface area contributed by atoms with Gasteiger partial charge in [-0.1, -0.05) is 11.6 Å². The van der Waals surface area contributed by atoms with Crippen LogP contribution in [0.5, 0.6) is 5.75 Å². The molecule has 0 aliphatic carbocycles. The number of hydrogen-bond donors (Lipinski definition) is 2. The Morgan fingerprint density at radius 3 is 2.57 bits per heavy atom. The zero-order chi connectivity index (χ0) is 22.4. The summed E-state index contributed by atoms with van der Waals surface area (Å²) in [4.78, 5) is 13.8. The van der Waals surface area contributed by atoms with Crippen molar-refractivity contribution in [1.29, 1.82) is 10.5 Å². The fourth-order valence-corrected chi connectivity index (χ4v) is 3.44. The average Bonchev–Trinajstić information content (AvgIpc) is 2.72. The second kappa shape index (κ2) is 10.0. The smallest absolute Gasteiger partial charge is 0.268 e. The summed E-state index contributed by atoms with van der Waals surface area (Å²) >= 11 is 7.25. The van der Waals surface area contributed by atoms with Crippen molar-refractivity contribution >= 4 is 35.0 Å². The van der Waals surface area contributed by atoms with E-state index in [0.29, 0.717) is 16.3 Å². The zero-order valence-corrected chi connectivity index (χ0v) is 17.7. The summed E-state index contributed by atoms with van der Waals surface area (Å²) in [6.45, 7) is -0.180. The van der Waals surface area contributed by atoms with Gasteiger partial charge in [0.15, 0.2) is 5.57 Å². The highest BCUT2D eigenvalue weighted by Crippen LogP contribution is 2.30.